The van der Waals surface area contributed by atoms with Crippen molar-refractivity contribution in [3.63, 3.8) is 0 Å². The molecule has 1 N–H and O–H groups in total. The maximum atomic E-state index is 12.3. The van der Waals surface area contributed by atoms with Crippen molar-refractivity contribution in [2.75, 3.05) is 5.75 Å². The Hall–Kier alpha value is -2.08. The van der Waals surface area contributed by atoms with Crippen LogP contribution < -0.4 is 0 Å². The molecule has 1 saturated carbocycles. The van der Waals surface area contributed by atoms with Gasteiger partial charge in [0.05, 0.1) is 5.75 Å². The molecule has 4 rings (SSSR count). The zero-order valence-corrected chi connectivity index (χ0v) is 12.0. The molecule has 0 saturated heterocycles. The van der Waals surface area contributed by atoms with Crippen molar-refractivity contribution in [3.8, 4) is 0 Å². The van der Waals surface area contributed by atoms with Gasteiger partial charge in [0.15, 0.2) is 5.78 Å². The van der Waals surface area contributed by atoms with E-state index in [-0.39, 0.29) is 5.78 Å². The number of para-hydroxylation sites is 1. The monoisotopic (exact) mass is 299 g/mol. The lowest BCUT2D eigenvalue weighted by Gasteiger charge is -1.97. The van der Waals surface area contributed by atoms with Gasteiger partial charge >= 0.3 is 0 Å². The molecule has 1 fully saturated rings. The van der Waals surface area contributed by atoms with Crippen LogP contribution >= 0.6 is 11.8 Å². The fourth-order valence-electron chi connectivity index (χ4n) is 2.28. The number of aromatic amines is 1. The number of nitrogens with one attached hydrogen (secondary N) is 1. The van der Waals surface area contributed by atoms with Gasteiger partial charge in [0.25, 0.3) is 5.22 Å². The van der Waals surface area contributed by atoms with Crippen LogP contribution in [0, 0.1) is 0 Å². The molecule has 0 spiro atoms. The fourth-order valence-corrected chi connectivity index (χ4v) is 2.93. The third-order valence-corrected chi connectivity index (χ3v) is 4.38. The highest BCUT2D eigenvalue weighted by Crippen LogP contribution is 2.39. The van der Waals surface area contributed by atoms with E-state index in [1.54, 1.807) is 6.20 Å². The lowest BCUT2D eigenvalue weighted by atomic mass is 10.1. The summed E-state index contributed by atoms with van der Waals surface area (Å²) in [4.78, 5) is 15.4. The van der Waals surface area contributed by atoms with Gasteiger partial charge in [-0.25, -0.2) is 0 Å². The first-order chi connectivity index (χ1) is 10.3. The molecule has 0 unspecified atom stereocenters. The van der Waals surface area contributed by atoms with Crippen LogP contribution in [0.25, 0.3) is 10.9 Å². The summed E-state index contributed by atoms with van der Waals surface area (Å²) < 4.78 is 5.54. The number of thioether (sulfide) groups is 1. The second kappa shape index (κ2) is 5.04. The highest BCUT2D eigenvalue weighted by atomic mass is 32.2. The lowest BCUT2D eigenvalue weighted by molar-refractivity contribution is 0.102. The van der Waals surface area contributed by atoms with E-state index in [0.717, 1.165) is 23.7 Å². The van der Waals surface area contributed by atoms with Crippen LogP contribution in [0.15, 0.2) is 40.1 Å². The van der Waals surface area contributed by atoms with E-state index in [0.29, 0.717) is 28.3 Å². The van der Waals surface area contributed by atoms with E-state index in [1.165, 1.54) is 11.8 Å². The molecular weight excluding hydrogens is 286 g/mol. The molecule has 0 atom stereocenters. The maximum Gasteiger partial charge on any atom is 0.277 e. The first-order valence-electron chi connectivity index (χ1n) is 6.87. The summed E-state index contributed by atoms with van der Waals surface area (Å²) in [6.45, 7) is 0. The van der Waals surface area contributed by atoms with Gasteiger partial charge in [0.2, 0.25) is 5.89 Å². The zero-order valence-electron chi connectivity index (χ0n) is 11.2. The lowest BCUT2D eigenvalue weighted by Crippen LogP contribution is -2.01. The Kier molecular flexibility index (Phi) is 3.03. The van der Waals surface area contributed by atoms with Gasteiger partial charge < -0.3 is 9.40 Å². The van der Waals surface area contributed by atoms with Gasteiger partial charge in [-0.1, -0.05) is 30.0 Å². The van der Waals surface area contributed by atoms with E-state index < -0.39 is 0 Å². The molecule has 5 nitrogen and oxygen atoms in total. The van der Waals surface area contributed by atoms with Gasteiger partial charge in [-0.3, -0.25) is 4.79 Å². The summed E-state index contributed by atoms with van der Waals surface area (Å²) in [7, 11) is 0. The molecule has 1 aliphatic rings. The van der Waals surface area contributed by atoms with Crippen molar-refractivity contribution in [3.05, 3.63) is 41.9 Å². The van der Waals surface area contributed by atoms with Crippen LogP contribution in [0.4, 0.5) is 0 Å². The van der Waals surface area contributed by atoms with Crippen molar-refractivity contribution in [2.24, 2.45) is 0 Å². The minimum atomic E-state index is 0.0589. The normalized spacial score (nSPS) is 14.7. The molecule has 6 heteroatoms. The minimum absolute atomic E-state index is 0.0589. The average molecular weight is 299 g/mol. The van der Waals surface area contributed by atoms with Gasteiger partial charge in [-0.05, 0) is 18.9 Å². The average Bonchev–Trinajstić information content (AvgIpc) is 3.10. The SMILES string of the molecule is O=C(CSc1nnc(C2CC2)o1)c1c[nH]c2ccccc12. The van der Waals surface area contributed by atoms with Gasteiger partial charge in [0, 0.05) is 28.6 Å². The summed E-state index contributed by atoms with van der Waals surface area (Å²) in [5.41, 5.74) is 1.68. The summed E-state index contributed by atoms with van der Waals surface area (Å²) in [5, 5.41) is 9.42. The Balaban J connectivity index is 1.47. The van der Waals surface area contributed by atoms with E-state index in [9.17, 15) is 4.79 Å². The number of carbonyl (C=O) groups excluding carboxylic acids is 1. The summed E-state index contributed by atoms with van der Waals surface area (Å²) >= 11 is 1.30. The third-order valence-electron chi connectivity index (χ3n) is 3.57. The molecule has 0 radical (unpaired) electrons. The number of nitrogens with zero attached hydrogens (tertiary/aromatic N) is 2. The van der Waals surface area contributed by atoms with E-state index >= 15 is 0 Å². The zero-order chi connectivity index (χ0) is 14.2. The highest BCUT2D eigenvalue weighted by Gasteiger charge is 2.29. The maximum absolute atomic E-state index is 12.3. The number of fused-ring (bicyclic) bond motifs is 1. The molecule has 2 aromatic heterocycles. The number of rotatable bonds is 5. The van der Waals surface area contributed by atoms with Crippen LogP contribution in [0.3, 0.4) is 0 Å². The van der Waals surface area contributed by atoms with Crippen molar-refractivity contribution in [2.45, 2.75) is 24.0 Å². The smallest absolute Gasteiger partial charge is 0.277 e. The number of hydrogen-bond acceptors (Lipinski definition) is 5. The molecular formula is C15H13N3O2S. The number of Topliss-reactive ketones (excluding diaryl/α,β-unsaturated/α-hetero) is 1. The molecule has 0 aliphatic heterocycles. The number of H-pyrrole nitrogens is 1. The Morgan fingerprint density at radius 3 is 3.05 bits per heavy atom. The molecule has 3 aromatic rings. The number of hydrogen-bond donors (Lipinski definition) is 1. The Morgan fingerprint density at radius 2 is 2.19 bits per heavy atom. The van der Waals surface area contributed by atoms with Gasteiger partial charge in [-0.2, -0.15) is 0 Å². The molecule has 106 valence electrons. The molecule has 0 amide bonds. The molecule has 1 aliphatic carbocycles. The van der Waals surface area contributed by atoms with Crippen LogP contribution in [-0.4, -0.2) is 26.7 Å². The van der Waals surface area contributed by atoms with Crippen LogP contribution in [-0.2, 0) is 0 Å². The number of ketones is 1. The van der Waals surface area contributed by atoms with Crippen molar-refractivity contribution in [1.29, 1.82) is 0 Å². The summed E-state index contributed by atoms with van der Waals surface area (Å²) in [6.07, 6.45) is 4.01. The second-order valence-electron chi connectivity index (χ2n) is 5.14. The van der Waals surface area contributed by atoms with Crippen molar-refractivity contribution < 1.29 is 9.21 Å². The van der Waals surface area contributed by atoms with Crippen molar-refractivity contribution in [1.82, 2.24) is 15.2 Å². The number of benzene rings is 1. The standard InChI is InChI=1S/C15H13N3O2S/c19-13(11-7-16-12-4-2-1-3-10(11)12)8-21-15-18-17-14(20-15)9-5-6-9/h1-4,7,9,16H,5-6,8H2. The summed E-state index contributed by atoms with van der Waals surface area (Å²) in [6, 6.07) is 7.78. The Labute approximate surface area is 125 Å². The fraction of sp³-hybridized carbons (Fsp3) is 0.267. The Morgan fingerprint density at radius 1 is 1.33 bits per heavy atom. The van der Waals surface area contributed by atoms with Crippen LogP contribution in [0.1, 0.15) is 35.0 Å². The highest BCUT2D eigenvalue weighted by molar-refractivity contribution is 7.99. The predicted molar refractivity (Wildman–Crippen MR) is 79.6 cm³/mol. The molecule has 2 heterocycles. The summed E-state index contributed by atoms with van der Waals surface area (Å²) in [5.74, 6) is 1.51. The van der Waals surface area contributed by atoms with E-state index in [4.69, 9.17) is 4.42 Å². The number of carbonyl (C=O) groups is 1. The van der Waals surface area contributed by atoms with Gasteiger partial charge in [0.1, 0.15) is 0 Å². The van der Waals surface area contributed by atoms with Gasteiger partial charge in [-0.15, -0.1) is 10.2 Å². The Bertz CT molecular complexity index is 804. The van der Waals surface area contributed by atoms with Crippen LogP contribution in [0.5, 0.6) is 0 Å². The largest absolute Gasteiger partial charge is 0.416 e. The number of aromatic nitrogens is 3. The molecule has 21 heavy (non-hydrogen) atoms. The second-order valence-corrected chi connectivity index (χ2v) is 6.07. The molecule has 0 bridgehead atoms. The van der Waals surface area contributed by atoms with E-state index in [2.05, 4.69) is 15.2 Å². The predicted octanol–water partition coefficient (Wildman–Crippen LogP) is 3.40. The van der Waals surface area contributed by atoms with Crippen LogP contribution in [0.2, 0.25) is 0 Å². The topological polar surface area (TPSA) is 71.8 Å². The van der Waals surface area contributed by atoms with E-state index in [1.807, 2.05) is 24.3 Å². The minimum Gasteiger partial charge on any atom is -0.416 e. The first-order valence-corrected chi connectivity index (χ1v) is 7.85. The van der Waals surface area contributed by atoms with Crippen molar-refractivity contribution >= 4 is 28.4 Å². The first kappa shape index (κ1) is 12.6. The quantitative estimate of drug-likeness (QED) is 0.577. The molecule has 1 aromatic carbocycles. The third kappa shape index (κ3) is 2.47.